The van der Waals surface area contributed by atoms with Gasteiger partial charge in [0.25, 0.3) is 6.29 Å². The summed E-state index contributed by atoms with van der Waals surface area (Å²) in [5.41, 5.74) is 7.24. The van der Waals surface area contributed by atoms with Gasteiger partial charge in [-0.25, -0.2) is 4.79 Å². The highest BCUT2D eigenvalue weighted by Gasteiger charge is 2.35. The first kappa shape index (κ1) is 43.8. The first-order valence-corrected chi connectivity index (χ1v) is 21.1. The molecule has 1 aromatic carbocycles. The predicted octanol–water partition coefficient (Wildman–Crippen LogP) is 10.2. The molecule has 10 nitrogen and oxygen atoms in total. The summed E-state index contributed by atoms with van der Waals surface area (Å²) < 4.78 is 25.1. The van der Waals surface area contributed by atoms with Crippen molar-refractivity contribution in [3.05, 3.63) is 64.6 Å². The molecular weight excluding hydrogens is 695 g/mol. The second kappa shape index (κ2) is 23.2. The number of hydrogen-bond donors (Lipinski definition) is 0. The molecule has 55 heavy (non-hydrogen) atoms. The monoisotopic (exact) mass is 763 g/mol. The topological polar surface area (TPSA) is 106 Å². The van der Waals surface area contributed by atoms with Crippen molar-refractivity contribution in [1.29, 1.82) is 0 Å². The van der Waals surface area contributed by atoms with Crippen LogP contribution in [0.15, 0.2) is 36.5 Å². The minimum absolute atomic E-state index is 0.0859. The molecule has 2 aromatic heterocycles. The van der Waals surface area contributed by atoms with Gasteiger partial charge in [-0.1, -0.05) is 109 Å². The van der Waals surface area contributed by atoms with Crippen LogP contribution in [0.3, 0.4) is 0 Å². The first-order valence-electron chi connectivity index (χ1n) is 21.1. The molecule has 2 atom stereocenters. The van der Waals surface area contributed by atoms with Crippen molar-refractivity contribution in [2.75, 3.05) is 26.9 Å². The van der Waals surface area contributed by atoms with Gasteiger partial charge in [-0.05, 0) is 56.9 Å². The van der Waals surface area contributed by atoms with E-state index in [0.29, 0.717) is 17.4 Å². The van der Waals surface area contributed by atoms with Crippen LogP contribution in [0.2, 0.25) is 0 Å². The highest BCUT2D eigenvalue weighted by atomic mass is 16.8. The van der Waals surface area contributed by atoms with Gasteiger partial charge in [-0.2, -0.15) is 0 Å². The summed E-state index contributed by atoms with van der Waals surface area (Å²) in [5.74, 6) is -0.881. The van der Waals surface area contributed by atoms with E-state index in [1.54, 1.807) is 0 Å². The van der Waals surface area contributed by atoms with Crippen molar-refractivity contribution in [3.8, 4) is 0 Å². The molecule has 0 bridgehead atoms. The molecule has 0 spiro atoms. The number of ether oxygens (including phenoxy) is 4. The lowest BCUT2D eigenvalue weighted by molar-refractivity contribution is -0.940. The predicted molar refractivity (Wildman–Crippen MR) is 216 cm³/mol. The van der Waals surface area contributed by atoms with E-state index in [2.05, 4.69) is 67.7 Å². The summed E-state index contributed by atoms with van der Waals surface area (Å²) >= 11 is 0. The molecule has 0 amide bonds. The van der Waals surface area contributed by atoms with Gasteiger partial charge >= 0.3 is 18.1 Å². The average molecular weight is 763 g/mol. The van der Waals surface area contributed by atoms with Gasteiger partial charge in [-0.15, -0.1) is 0 Å². The van der Waals surface area contributed by atoms with Gasteiger partial charge in [0.15, 0.2) is 6.61 Å². The van der Waals surface area contributed by atoms with Crippen molar-refractivity contribution in [1.82, 2.24) is 9.55 Å². The van der Waals surface area contributed by atoms with E-state index in [1.165, 1.54) is 78.2 Å². The number of rotatable bonds is 25. The van der Waals surface area contributed by atoms with Crippen molar-refractivity contribution < 1.29 is 37.8 Å². The van der Waals surface area contributed by atoms with Crippen LogP contribution >= 0.6 is 0 Å². The summed E-state index contributed by atoms with van der Waals surface area (Å²) in [6.45, 7) is 10.5. The van der Waals surface area contributed by atoms with Crippen LogP contribution in [0.1, 0.15) is 145 Å². The number of unbranched alkanes of at least 4 members (excludes halogenated alkanes) is 12. The van der Waals surface area contributed by atoms with Crippen LogP contribution in [0.5, 0.6) is 0 Å². The molecule has 2 unspecified atom stereocenters. The number of nitrogens with zero attached hydrogens (tertiary/aromatic N) is 3. The third-order valence-corrected chi connectivity index (χ3v) is 10.8. The number of benzene rings is 1. The molecule has 3 aromatic rings. The number of carbonyl (C=O) groups excluding carboxylic acids is 3. The third-order valence-electron chi connectivity index (χ3n) is 10.8. The zero-order valence-corrected chi connectivity index (χ0v) is 34.5. The molecule has 3 heterocycles. The lowest BCUT2D eigenvalue weighted by Crippen LogP contribution is -2.49. The molecule has 0 aliphatic carbocycles. The van der Waals surface area contributed by atoms with E-state index in [9.17, 15) is 14.4 Å². The Labute approximate surface area is 329 Å². The van der Waals surface area contributed by atoms with Gasteiger partial charge < -0.3 is 23.5 Å². The summed E-state index contributed by atoms with van der Waals surface area (Å²) in [4.78, 5) is 42.9. The number of aromatic nitrogens is 2. The molecule has 10 heteroatoms. The van der Waals surface area contributed by atoms with E-state index in [-0.39, 0.29) is 26.2 Å². The van der Waals surface area contributed by atoms with Gasteiger partial charge in [0.1, 0.15) is 6.54 Å². The van der Waals surface area contributed by atoms with Crippen molar-refractivity contribution in [3.63, 3.8) is 0 Å². The lowest BCUT2D eigenvalue weighted by Gasteiger charge is -2.37. The minimum Gasteiger partial charge on any atom is -0.458 e. The van der Waals surface area contributed by atoms with Crippen LogP contribution in [0.25, 0.3) is 10.9 Å². The van der Waals surface area contributed by atoms with E-state index in [1.807, 2.05) is 13.1 Å². The van der Waals surface area contributed by atoms with Gasteiger partial charge in [0.05, 0.1) is 13.6 Å². The number of aryl methyl sites for hydroxylation is 4. The fourth-order valence-electron chi connectivity index (χ4n) is 7.48. The summed E-state index contributed by atoms with van der Waals surface area (Å²) in [6, 6.07) is 10.8. The Morgan fingerprint density at radius 1 is 0.800 bits per heavy atom. The fourth-order valence-corrected chi connectivity index (χ4v) is 7.48. The van der Waals surface area contributed by atoms with E-state index in [0.717, 1.165) is 70.2 Å². The van der Waals surface area contributed by atoms with Crippen molar-refractivity contribution >= 4 is 29.0 Å². The molecule has 0 saturated carbocycles. The van der Waals surface area contributed by atoms with E-state index < -0.39 is 24.4 Å². The Hall–Kier alpha value is -3.92. The summed E-state index contributed by atoms with van der Waals surface area (Å²) in [5, 5.41) is 1.23. The summed E-state index contributed by atoms with van der Waals surface area (Å²) in [6.07, 6.45) is 16.9. The molecular formula is C45H68N3O7+. The number of hydrogen-bond acceptors (Lipinski definition) is 8. The Balaban J connectivity index is 1.33. The Kier molecular flexibility index (Phi) is 18.5. The largest absolute Gasteiger partial charge is 0.515 e. The highest BCUT2D eigenvalue weighted by Crippen LogP contribution is 2.34. The van der Waals surface area contributed by atoms with Crippen LogP contribution in [-0.4, -0.2) is 65.3 Å². The van der Waals surface area contributed by atoms with E-state index in [4.69, 9.17) is 18.9 Å². The SMILES string of the molecule is CCCCCCCCCC(=O)OCC(OC(=O)CCCCCCCCC)OC(=O)OC[N+]1(C)CCc2c(c3cc(C)ccc3n2CCc2ccc(C)nc2)C1. The number of pyridine rings is 1. The fraction of sp³-hybridized carbons (Fsp3) is 0.644. The number of carbonyl (C=O) groups is 3. The molecule has 4 rings (SSSR count). The molecule has 1 aliphatic heterocycles. The molecule has 0 saturated heterocycles. The lowest BCUT2D eigenvalue weighted by atomic mass is 10.0. The molecule has 0 fully saturated rings. The maximum Gasteiger partial charge on any atom is 0.515 e. The maximum atomic E-state index is 13.1. The zero-order chi connectivity index (χ0) is 39.5. The van der Waals surface area contributed by atoms with Crippen LogP contribution in [0, 0.1) is 13.8 Å². The molecule has 0 N–H and O–H groups in total. The van der Waals surface area contributed by atoms with Crippen LogP contribution in [0.4, 0.5) is 4.79 Å². The smallest absolute Gasteiger partial charge is 0.458 e. The molecule has 304 valence electrons. The number of fused-ring (bicyclic) bond motifs is 3. The van der Waals surface area contributed by atoms with Crippen LogP contribution < -0.4 is 0 Å². The van der Waals surface area contributed by atoms with E-state index >= 15 is 0 Å². The van der Waals surface area contributed by atoms with Crippen molar-refractivity contribution in [2.24, 2.45) is 0 Å². The minimum atomic E-state index is -1.37. The van der Waals surface area contributed by atoms with Crippen LogP contribution in [-0.2, 0) is 54.5 Å². The van der Waals surface area contributed by atoms with Gasteiger partial charge in [-0.3, -0.25) is 19.1 Å². The maximum absolute atomic E-state index is 13.1. The third kappa shape index (κ3) is 14.9. The highest BCUT2D eigenvalue weighted by molar-refractivity contribution is 5.86. The number of quaternary nitrogens is 1. The number of esters is 2. The average Bonchev–Trinajstić information content (AvgIpc) is 3.46. The normalized spacial score (nSPS) is 15.7. The molecule has 0 radical (unpaired) electrons. The molecule has 1 aliphatic rings. The Morgan fingerprint density at radius 2 is 1.45 bits per heavy atom. The second-order valence-corrected chi connectivity index (χ2v) is 15.9. The Morgan fingerprint density at radius 3 is 2.11 bits per heavy atom. The zero-order valence-electron chi connectivity index (χ0n) is 34.5. The van der Waals surface area contributed by atoms with Crippen molar-refractivity contribution in [2.45, 2.75) is 163 Å². The van der Waals surface area contributed by atoms with Gasteiger partial charge in [0, 0.05) is 59.9 Å². The second-order valence-electron chi connectivity index (χ2n) is 15.9. The standard InChI is InChI=1S/C45H68N3O7/c1-6-8-10-12-14-16-18-20-42(49)52-33-44(54-43(50)21-19-17-15-13-11-9-7-2)55-45(51)53-34-48(5)29-27-41-39(32-48)38-30-35(3)22-25-40(38)47(41)28-26-37-24-23-36(4)46-31-37/h22-25,30-31,44H,6-21,26-29,32-34H2,1-5H3/q+1. The first-order chi connectivity index (χ1) is 26.6. The quantitative estimate of drug-likeness (QED) is 0.0276. The van der Waals surface area contributed by atoms with Gasteiger partial charge in [0.2, 0.25) is 6.73 Å². The number of likely N-dealkylation sites (N-methyl/N-ethyl adjacent to an activating group) is 1. The summed E-state index contributed by atoms with van der Waals surface area (Å²) in [7, 11) is 2.08. The Bertz CT molecular complexity index is 1640.